The second-order valence-electron chi connectivity index (χ2n) is 7.43. The number of ether oxygens (including phenoxy) is 2. The summed E-state index contributed by atoms with van der Waals surface area (Å²) in [6.07, 6.45) is 7.06. The lowest BCUT2D eigenvalue weighted by Crippen LogP contribution is -2.41. The molecule has 0 spiro atoms. The molecule has 1 aliphatic carbocycles. The summed E-state index contributed by atoms with van der Waals surface area (Å²) in [7, 11) is 0. The van der Waals surface area contributed by atoms with E-state index in [0.29, 0.717) is 24.7 Å². The number of aliphatic hydroxyl groups excluding tert-OH is 1. The van der Waals surface area contributed by atoms with Gasteiger partial charge in [0, 0.05) is 26.3 Å². The third kappa shape index (κ3) is 6.23. The summed E-state index contributed by atoms with van der Waals surface area (Å²) < 4.78 is 11.3. The third-order valence-electron chi connectivity index (χ3n) is 5.04. The molecule has 3 unspecified atom stereocenters. The molecule has 2 N–H and O–H groups in total. The van der Waals surface area contributed by atoms with Crippen LogP contribution in [0.3, 0.4) is 0 Å². The van der Waals surface area contributed by atoms with Gasteiger partial charge in [0.15, 0.2) is 0 Å². The Kier molecular flexibility index (Phi) is 6.93. The highest BCUT2D eigenvalue weighted by Crippen LogP contribution is 2.28. The molecule has 2 aliphatic rings. The molecular weight excluding hydrogens is 266 g/mol. The Morgan fingerprint density at radius 1 is 1.33 bits per heavy atom. The normalized spacial score (nSPS) is 31.0. The molecule has 1 saturated carbocycles. The van der Waals surface area contributed by atoms with Crippen LogP contribution in [0.1, 0.15) is 52.4 Å². The van der Waals surface area contributed by atoms with Gasteiger partial charge < -0.3 is 19.9 Å². The van der Waals surface area contributed by atoms with Crippen LogP contribution in [-0.4, -0.2) is 50.2 Å². The zero-order valence-electron chi connectivity index (χ0n) is 13.8. The van der Waals surface area contributed by atoms with Gasteiger partial charge in [-0.2, -0.15) is 0 Å². The minimum Gasteiger partial charge on any atom is -0.389 e. The summed E-state index contributed by atoms with van der Waals surface area (Å²) in [6.45, 7) is 8.36. The SMILES string of the molecule is CC1CCCC(OCC(O)CNCC2(C)CCOCC2)C1. The van der Waals surface area contributed by atoms with Crippen molar-refractivity contribution < 1.29 is 14.6 Å². The molecule has 0 bridgehead atoms. The van der Waals surface area contributed by atoms with Crippen molar-refractivity contribution in [1.29, 1.82) is 0 Å². The van der Waals surface area contributed by atoms with Crippen molar-refractivity contribution in [3.63, 3.8) is 0 Å². The summed E-state index contributed by atoms with van der Waals surface area (Å²) >= 11 is 0. The summed E-state index contributed by atoms with van der Waals surface area (Å²) in [5.41, 5.74) is 0.317. The molecule has 0 aromatic rings. The fourth-order valence-electron chi connectivity index (χ4n) is 3.42. The molecule has 4 heteroatoms. The predicted molar refractivity (Wildman–Crippen MR) is 84.4 cm³/mol. The fourth-order valence-corrected chi connectivity index (χ4v) is 3.42. The number of nitrogens with one attached hydrogen (secondary N) is 1. The van der Waals surface area contributed by atoms with Crippen molar-refractivity contribution in [2.24, 2.45) is 11.3 Å². The maximum absolute atomic E-state index is 10.0. The lowest BCUT2D eigenvalue weighted by molar-refractivity contribution is -0.0321. The average Bonchev–Trinajstić information content (AvgIpc) is 2.46. The molecule has 1 heterocycles. The molecule has 3 atom stereocenters. The molecule has 0 aromatic heterocycles. The molecule has 0 aromatic carbocycles. The standard InChI is InChI=1S/C17H33NO3/c1-14-4-3-5-16(10-14)21-12-15(19)11-18-13-17(2)6-8-20-9-7-17/h14-16,18-19H,3-13H2,1-2H3. The van der Waals surface area contributed by atoms with Gasteiger partial charge in [-0.15, -0.1) is 0 Å². The Balaban J connectivity index is 1.55. The summed E-state index contributed by atoms with van der Waals surface area (Å²) in [5, 5.41) is 13.5. The Bertz CT molecular complexity index is 292. The van der Waals surface area contributed by atoms with Gasteiger partial charge in [0.05, 0.1) is 18.8 Å². The Morgan fingerprint density at radius 2 is 2.10 bits per heavy atom. The molecule has 0 radical (unpaired) electrons. The zero-order chi connectivity index (χ0) is 15.1. The molecule has 2 rings (SSSR count). The number of aliphatic hydroxyl groups is 1. The Morgan fingerprint density at radius 3 is 2.81 bits per heavy atom. The van der Waals surface area contributed by atoms with Crippen molar-refractivity contribution in [3.05, 3.63) is 0 Å². The van der Waals surface area contributed by atoms with Crippen LogP contribution in [0.2, 0.25) is 0 Å². The lowest BCUT2D eigenvalue weighted by Gasteiger charge is -2.34. The van der Waals surface area contributed by atoms with E-state index in [0.717, 1.165) is 51.4 Å². The van der Waals surface area contributed by atoms with E-state index in [2.05, 4.69) is 19.2 Å². The Hall–Kier alpha value is -0.160. The van der Waals surface area contributed by atoms with E-state index in [1.165, 1.54) is 12.8 Å². The molecule has 21 heavy (non-hydrogen) atoms. The van der Waals surface area contributed by atoms with Crippen LogP contribution in [0.25, 0.3) is 0 Å². The molecule has 124 valence electrons. The Labute approximate surface area is 129 Å². The van der Waals surface area contributed by atoms with Crippen molar-refractivity contribution >= 4 is 0 Å². The largest absolute Gasteiger partial charge is 0.389 e. The molecular formula is C17H33NO3. The first kappa shape index (κ1) is 17.2. The highest BCUT2D eigenvalue weighted by molar-refractivity contribution is 4.80. The van der Waals surface area contributed by atoms with Crippen LogP contribution in [-0.2, 0) is 9.47 Å². The predicted octanol–water partition coefficient (Wildman–Crippen LogP) is 2.35. The van der Waals surface area contributed by atoms with Crippen molar-refractivity contribution in [2.45, 2.75) is 64.6 Å². The van der Waals surface area contributed by atoms with E-state index in [1.54, 1.807) is 0 Å². The monoisotopic (exact) mass is 299 g/mol. The molecule has 0 amide bonds. The minimum absolute atomic E-state index is 0.317. The number of hydrogen-bond acceptors (Lipinski definition) is 4. The summed E-state index contributed by atoms with van der Waals surface area (Å²) in [5.74, 6) is 0.771. The van der Waals surface area contributed by atoms with Crippen molar-refractivity contribution in [3.8, 4) is 0 Å². The van der Waals surface area contributed by atoms with Gasteiger partial charge in [0.2, 0.25) is 0 Å². The maximum atomic E-state index is 10.0. The van der Waals surface area contributed by atoms with Crippen LogP contribution in [0, 0.1) is 11.3 Å². The molecule has 1 aliphatic heterocycles. The third-order valence-corrected chi connectivity index (χ3v) is 5.04. The molecule has 4 nitrogen and oxygen atoms in total. The summed E-state index contributed by atoms with van der Waals surface area (Å²) in [4.78, 5) is 0. The summed E-state index contributed by atoms with van der Waals surface area (Å²) in [6, 6.07) is 0. The first-order chi connectivity index (χ1) is 10.1. The topological polar surface area (TPSA) is 50.7 Å². The van der Waals surface area contributed by atoms with Crippen LogP contribution in [0.5, 0.6) is 0 Å². The van der Waals surface area contributed by atoms with Crippen LogP contribution >= 0.6 is 0 Å². The minimum atomic E-state index is -0.398. The second kappa shape index (κ2) is 8.47. The van der Waals surface area contributed by atoms with Gasteiger partial charge in [-0.1, -0.05) is 26.7 Å². The maximum Gasteiger partial charge on any atom is 0.0897 e. The zero-order valence-corrected chi connectivity index (χ0v) is 13.8. The van der Waals surface area contributed by atoms with Crippen LogP contribution in [0.4, 0.5) is 0 Å². The average molecular weight is 299 g/mol. The smallest absolute Gasteiger partial charge is 0.0897 e. The highest BCUT2D eigenvalue weighted by Gasteiger charge is 2.27. The van der Waals surface area contributed by atoms with E-state index < -0.39 is 6.10 Å². The van der Waals surface area contributed by atoms with E-state index >= 15 is 0 Å². The van der Waals surface area contributed by atoms with Crippen molar-refractivity contribution in [2.75, 3.05) is 32.9 Å². The first-order valence-electron chi connectivity index (χ1n) is 8.65. The highest BCUT2D eigenvalue weighted by atomic mass is 16.5. The van der Waals surface area contributed by atoms with Gasteiger partial charge in [0.1, 0.15) is 0 Å². The van der Waals surface area contributed by atoms with Gasteiger partial charge in [-0.05, 0) is 37.0 Å². The van der Waals surface area contributed by atoms with E-state index in [9.17, 15) is 5.11 Å². The number of hydrogen-bond donors (Lipinski definition) is 2. The van der Waals surface area contributed by atoms with E-state index in [1.807, 2.05) is 0 Å². The van der Waals surface area contributed by atoms with Crippen LogP contribution in [0.15, 0.2) is 0 Å². The lowest BCUT2D eigenvalue weighted by atomic mass is 9.82. The second-order valence-corrected chi connectivity index (χ2v) is 7.43. The van der Waals surface area contributed by atoms with E-state index in [-0.39, 0.29) is 0 Å². The van der Waals surface area contributed by atoms with Crippen molar-refractivity contribution in [1.82, 2.24) is 5.32 Å². The van der Waals surface area contributed by atoms with Gasteiger partial charge in [-0.3, -0.25) is 0 Å². The number of rotatable bonds is 7. The molecule has 1 saturated heterocycles. The van der Waals surface area contributed by atoms with Gasteiger partial charge in [0.25, 0.3) is 0 Å². The van der Waals surface area contributed by atoms with Gasteiger partial charge in [-0.25, -0.2) is 0 Å². The quantitative estimate of drug-likeness (QED) is 0.757. The fraction of sp³-hybridized carbons (Fsp3) is 1.00. The molecule has 2 fully saturated rings. The van der Waals surface area contributed by atoms with Crippen LogP contribution < -0.4 is 5.32 Å². The first-order valence-corrected chi connectivity index (χ1v) is 8.65. The van der Waals surface area contributed by atoms with Gasteiger partial charge >= 0.3 is 0 Å². The van der Waals surface area contributed by atoms with E-state index in [4.69, 9.17) is 9.47 Å².